The molecule has 0 atom stereocenters. The summed E-state index contributed by atoms with van der Waals surface area (Å²) < 4.78 is 27.3. The number of hydrogen-bond acceptors (Lipinski definition) is 7. The maximum absolute atomic E-state index is 12.6. The molecule has 0 spiro atoms. The monoisotopic (exact) mass is 434 g/mol. The predicted octanol–water partition coefficient (Wildman–Crippen LogP) is 3.59. The van der Waals surface area contributed by atoms with Crippen LogP contribution in [0, 0.1) is 0 Å². The molecular formula is C15H19ClN4O3S3. The fraction of sp³-hybridized carbons (Fsp3) is 0.400. The number of aromatic nitrogens is 2. The summed E-state index contributed by atoms with van der Waals surface area (Å²) in [6.45, 7) is 6.18. The maximum atomic E-state index is 12.6. The lowest BCUT2D eigenvalue weighted by atomic mass is 10.2. The van der Waals surface area contributed by atoms with Crippen LogP contribution in [0.2, 0.25) is 5.02 Å². The highest BCUT2D eigenvalue weighted by Gasteiger charge is 2.24. The second-order valence-electron chi connectivity index (χ2n) is 4.99. The smallest absolute Gasteiger partial charge is 0.259 e. The van der Waals surface area contributed by atoms with Crippen LogP contribution in [-0.4, -0.2) is 47.7 Å². The molecule has 1 aromatic carbocycles. The van der Waals surface area contributed by atoms with Crippen molar-refractivity contribution in [3.8, 4) is 0 Å². The Morgan fingerprint density at radius 1 is 1.27 bits per heavy atom. The fourth-order valence-corrected chi connectivity index (χ4v) is 5.49. The van der Waals surface area contributed by atoms with Crippen LogP contribution in [0.1, 0.15) is 31.1 Å². The minimum atomic E-state index is -3.68. The van der Waals surface area contributed by atoms with Gasteiger partial charge in [-0.1, -0.05) is 55.5 Å². The Labute approximate surface area is 166 Å². The molecule has 26 heavy (non-hydrogen) atoms. The van der Waals surface area contributed by atoms with E-state index in [2.05, 4.69) is 15.5 Å². The van der Waals surface area contributed by atoms with Crippen molar-refractivity contribution in [1.29, 1.82) is 0 Å². The summed E-state index contributed by atoms with van der Waals surface area (Å²) in [6.07, 6.45) is 0. The minimum Gasteiger partial charge on any atom is -0.296 e. The van der Waals surface area contributed by atoms with Gasteiger partial charge < -0.3 is 0 Å². The SMILES string of the molecule is CCSc1nnc(NC(=O)c2cc(S(=O)(=O)N(CC)CC)ccc2Cl)s1. The molecule has 0 saturated heterocycles. The van der Waals surface area contributed by atoms with Gasteiger partial charge in [-0.25, -0.2) is 8.42 Å². The summed E-state index contributed by atoms with van der Waals surface area (Å²) in [6, 6.07) is 4.09. The Bertz CT molecular complexity index is 882. The molecule has 0 aliphatic rings. The second-order valence-corrected chi connectivity index (χ2v) is 9.83. The van der Waals surface area contributed by atoms with Crippen molar-refractivity contribution in [2.75, 3.05) is 24.2 Å². The average Bonchev–Trinajstić information content (AvgIpc) is 3.03. The van der Waals surface area contributed by atoms with E-state index in [0.29, 0.717) is 18.2 Å². The third-order valence-electron chi connectivity index (χ3n) is 3.42. The molecule has 0 aliphatic heterocycles. The molecule has 0 saturated carbocycles. The van der Waals surface area contributed by atoms with E-state index < -0.39 is 15.9 Å². The van der Waals surface area contributed by atoms with E-state index in [9.17, 15) is 13.2 Å². The Kier molecular flexibility index (Phi) is 7.42. The number of carbonyl (C=O) groups excluding carboxylic acids is 1. The molecule has 1 N–H and O–H groups in total. The average molecular weight is 435 g/mol. The number of benzene rings is 1. The van der Waals surface area contributed by atoms with E-state index in [1.54, 1.807) is 13.8 Å². The number of carbonyl (C=O) groups is 1. The van der Waals surface area contributed by atoms with Crippen molar-refractivity contribution in [2.24, 2.45) is 0 Å². The van der Waals surface area contributed by atoms with Crippen molar-refractivity contribution < 1.29 is 13.2 Å². The van der Waals surface area contributed by atoms with E-state index >= 15 is 0 Å². The number of sulfonamides is 1. The zero-order valence-electron chi connectivity index (χ0n) is 14.5. The van der Waals surface area contributed by atoms with Gasteiger partial charge in [-0.3, -0.25) is 10.1 Å². The van der Waals surface area contributed by atoms with Crippen molar-refractivity contribution in [1.82, 2.24) is 14.5 Å². The number of nitrogens with zero attached hydrogens (tertiary/aromatic N) is 3. The van der Waals surface area contributed by atoms with Gasteiger partial charge in [0.25, 0.3) is 5.91 Å². The zero-order valence-corrected chi connectivity index (χ0v) is 17.7. The first-order chi connectivity index (χ1) is 12.3. The van der Waals surface area contributed by atoms with Crippen LogP contribution < -0.4 is 5.32 Å². The molecule has 142 valence electrons. The topological polar surface area (TPSA) is 92.3 Å². The van der Waals surface area contributed by atoms with Crippen molar-refractivity contribution in [3.63, 3.8) is 0 Å². The minimum absolute atomic E-state index is 0.0234. The first-order valence-electron chi connectivity index (χ1n) is 7.90. The summed E-state index contributed by atoms with van der Waals surface area (Å²) in [7, 11) is -3.68. The van der Waals surface area contributed by atoms with Gasteiger partial charge in [0, 0.05) is 13.1 Å². The molecule has 1 amide bonds. The number of hydrogen-bond donors (Lipinski definition) is 1. The van der Waals surface area contributed by atoms with Gasteiger partial charge in [0.2, 0.25) is 15.2 Å². The van der Waals surface area contributed by atoms with Crippen LogP contribution in [0.5, 0.6) is 0 Å². The lowest BCUT2D eigenvalue weighted by molar-refractivity contribution is 0.102. The standard InChI is InChI=1S/C15H19ClN4O3S3/c1-4-20(5-2)26(22,23)10-7-8-12(16)11(9-10)13(21)17-14-18-19-15(25-14)24-6-3/h7-9H,4-6H2,1-3H3,(H,17,18,21). The lowest BCUT2D eigenvalue weighted by Gasteiger charge is -2.19. The highest BCUT2D eigenvalue weighted by molar-refractivity contribution is 8.01. The van der Waals surface area contributed by atoms with Crippen molar-refractivity contribution in [2.45, 2.75) is 30.0 Å². The van der Waals surface area contributed by atoms with Crippen LogP contribution in [0.15, 0.2) is 27.4 Å². The predicted molar refractivity (Wildman–Crippen MR) is 106 cm³/mol. The number of nitrogens with one attached hydrogen (secondary N) is 1. The molecule has 2 rings (SSSR count). The van der Waals surface area contributed by atoms with Crippen LogP contribution in [-0.2, 0) is 10.0 Å². The third-order valence-corrected chi connectivity index (χ3v) is 7.65. The molecule has 0 radical (unpaired) electrons. The Balaban J connectivity index is 2.29. The molecule has 1 aromatic heterocycles. The summed E-state index contributed by atoms with van der Waals surface area (Å²) in [5.41, 5.74) is 0.0693. The molecule has 11 heteroatoms. The van der Waals surface area contributed by atoms with Crippen molar-refractivity contribution in [3.05, 3.63) is 28.8 Å². The van der Waals surface area contributed by atoms with Crippen LogP contribution in [0.4, 0.5) is 5.13 Å². The van der Waals surface area contributed by atoms with Gasteiger partial charge in [-0.05, 0) is 24.0 Å². The number of anilines is 1. The number of rotatable bonds is 8. The van der Waals surface area contributed by atoms with E-state index in [0.717, 1.165) is 10.1 Å². The molecular weight excluding hydrogens is 416 g/mol. The highest BCUT2D eigenvalue weighted by Crippen LogP contribution is 2.27. The molecule has 1 heterocycles. The molecule has 0 fully saturated rings. The van der Waals surface area contributed by atoms with Crippen LogP contribution in [0.3, 0.4) is 0 Å². The first-order valence-corrected chi connectivity index (χ1v) is 11.5. The largest absolute Gasteiger partial charge is 0.296 e. The summed E-state index contributed by atoms with van der Waals surface area (Å²) in [5.74, 6) is 0.315. The number of thioether (sulfide) groups is 1. The fourth-order valence-electron chi connectivity index (χ4n) is 2.16. The van der Waals surface area contributed by atoms with Crippen LogP contribution >= 0.6 is 34.7 Å². The number of amides is 1. The summed E-state index contributed by atoms with van der Waals surface area (Å²) in [5, 5.41) is 11.0. The third kappa shape index (κ3) is 4.74. The molecule has 0 unspecified atom stereocenters. The second kappa shape index (κ2) is 9.14. The molecule has 0 aliphatic carbocycles. The van der Waals surface area contributed by atoms with E-state index in [-0.39, 0.29) is 15.5 Å². The zero-order chi connectivity index (χ0) is 19.3. The van der Waals surface area contributed by atoms with Gasteiger partial charge in [0.1, 0.15) is 0 Å². The van der Waals surface area contributed by atoms with Crippen molar-refractivity contribution >= 4 is 55.8 Å². The lowest BCUT2D eigenvalue weighted by Crippen LogP contribution is -2.30. The van der Waals surface area contributed by atoms with Gasteiger partial charge in [0.15, 0.2) is 4.34 Å². The summed E-state index contributed by atoms with van der Waals surface area (Å²) >= 11 is 8.87. The Morgan fingerprint density at radius 3 is 2.58 bits per heavy atom. The molecule has 7 nitrogen and oxygen atoms in total. The molecule has 2 aromatic rings. The quantitative estimate of drug-likeness (QED) is 0.504. The Hall–Kier alpha value is -1.20. The van der Waals surface area contributed by atoms with E-state index in [4.69, 9.17) is 11.6 Å². The van der Waals surface area contributed by atoms with Gasteiger partial charge in [-0.15, -0.1) is 10.2 Å². The molecule has 0 bridgehead atoms. The number of halogens is 1. The highest BCUT2D eigenvalue weighted by atomic mass is 35.5. The van der Waals surface area contributed by atoms with Gasteiger partial charge in [-0.2, -0.15) is 4.31 Å². The van der Waals surface area contributed by atoms with Gasteiger partial charge in [0.05, 0.1) is 15.5 Å². The van der Waals surface area contributed by atoms with E-state index in [1.807, 2.05) is 6.92 Å². The normalized spacial score (nSPS) is 11.7. The first kappa shape index (κ1) is 21.1. The van der Waals surface area contributed by atoms with Crippen LogP contribution in [0.25, 0.3) is 0 Å². The van der Waals surface area contributed by atoms with E-state index in [1.165, 1.54) is 45.6 Å². The summed E-state index contributed by atoms with van der Waals surface area (Å²) in [4.78, 5) is 12.5. The van der Waals surface area contributed by atoms with Gasteiger partial charge >= 0.3 is 0 Å². The Morgan fingerprint density at radius 2 is 1.96 bits per heavy atom. The maximum Gasteiger partial charge on any atom is 0.259 e.